The largest absolute Gasteiger partial charge is 0.382 e. The molecule has 1 aliphatic rings. The molecule has 2 N–H and O–H groups in total. The quantitative estimate of drug-likeness (QED) is 0.903. The summed E-state index contributed by atoms with van der Waals surface area (Å²) >= 11 is 0. The molecule has 0 aromatic carbocycles. The molecular weight excluding hydrogens is 268 g/mol. The topological polar surface area (TPSA) is 94.0 Å². The molecule has 3 heterocycles. The minimum absolute atomic E-state index is 0.469. The third kappa shape index (κ3) is 3.75. The van der Waals surface area contributed by atoms with Crippen molar-refractivity contribution < 1.29 is 4.52 Å². The summed E-state index contributed by atoms with van der Waals surface area (Å²) in [6.07, 6.45) is 3.34. The molecule has 7 nitrogen and oxygen atoms in total. The molecule has 7 heteroatoms. The first kappa shape index (κ1) is 13.9. The second kappa shape index (κ2) is 6.17. The third-order valence-electron chi connectivity index (χ3n) is 3.78. The fraction of sp³-hybridized carbons (Fsp3) is 0.571. The highest BCUT2D eigenvalue weighted by Crippen LogP contribution is 2.21. The molecule has 2 aromatic rings. The number of hydrogen-bond acceptors (Lipinski definition) is 7. The van der Waals surface area contributed by atoms with Gasteiger partial charge in [-0.15, -0.1) is 5.10 Å². The molecule has 0 bridgehead atoms. The predicted octanol–water partition coefficient (Wildman–Crippen LogP) is 1.20. The average molecular weight is 288 g/mol. The maximum atomic E-state index is 5.57. The van der Waals surface area contributed by atoms with Gasteiger partial charge in [0, 0.05) is 13.5 Å². The SMILES string of the molecule is Cc1nc(CN2CCC[C@@H](Cc3ccc(N)nn3)C2)no1. The van der Waals surface area contributed by atoms with Gasteiger partial charge in [-0.3, -0.25) is 4.90 Å². The van der Waals surface area contributed by atoms with Gasteiger partial charge in [-0.25, -0.2) is 0 Å². The van der Waals surface area contributed by atoms with E-state index in [0.29, 0.717) is 17.6 Å². The van der Waals surface area contributed by atoms with Gasteiger partial charge in [0.1, 0.15) is 5.82 Å². The molecule has 2 aromatic heterocycles. The minimum Gasteiger partial charge on any atom is -0.382 e. The van der Waals surface area contributed by atoms with E-state index in [9.17, 15) is 0 Å². The van der Waals surface area contributed by atoms with Crippen molar-refractivity contribution in [1.82, 2.24) is 25.2 Å². The van der Waals surface area contributed by atoms with E-state index in [1.54, 1.807) is 0 Å². The molecule has 0 unspecified atom stereocenters. The fourth-order valence-electron chi connectivity index (χ4n) is 2.84. The van der Waals surface area contributed by atoms with Crippen molar-refractivity contribution in [1.29, 1.82) is 0 Å². The number of nitrogens with two attached hydrogens (primary N) is 1. The smallest absolute Gasteiger partial charge is 0.223 e. The Morgan fingerprint density at radius 3 is 3.00 bits per heavy atom. The molecule has 0 spiro atoms. The Bertz CT molecular complexity index is 581. The summed E-state index contributed by atoms with van der Waals surface area (Å²) in [5.74, 6) is 2.44. The highest BCUT2D eigenvalue weighted by Gasteiger charge is 2.22. The summed E-state index contributed by atoms with van der Waals surface area (Å²) in [6.45, 7) is 4.67. The standard InChI is InChI=1S/C14H20N6O/c1-10-16-14(19-21-10)9-20-6-2-3-11(8-20)7-12-4-5-13(15)18-17-12/h4-5,11H,2-3,6-9H2,1H3,(H2,15,18)/t11-/m0/s1. The van der Waals surface area contributed by atoms with Gasteiger partial charge in [-0.05, 0) is 43.9 Å². The predicted molar refractivity (Wildman–Crippen MR) is 77.2 cm³/mol. The molecule has 0 radical (unpaired) electrons. The number of hydrogen-bond donors (Lipinski definition) is 1. The maximum absolute atomic E-state index is 5.57. The van der Waals surface area contributed by atoms with Crippen LogP contribution in [-0.2, 0) is 13.0 Å². The normalized spacial score (nSPS) is 19.8. The number of piperidine rings is 1. The first-order valence-electron chi connectivity index (χ1n) is 7.28. The lowest BCUT2D eigenvalue weighted by Gasteiger charge is -2.31. The van der Waals surface area contributed by atoms with Crippen molar-refractivity contribution in [2.24, 2.45) is 5.92 Å². The third-order valence-corrected chi connectivity index (χ3v) is 3.78. The summed E-state index contributed by atoms with van der Waals surface area (Å²) in [6, 6.07) is 3.77. The zero-order valence-corrected chi connectivity index (χ0v) is 12.2. The van der Waals surface area contributed by atoms with Gasteiger partial charge < -0.3 is 10.3 Å². The van der Waals surface area contributed by atoms with Crippen molar-refractivity contribution >= 4 is 5.82 Å². The van der Waals surface area contributed by atoms with Crippen LogP contribution in [0.3, 0.4) is 0 Å². The lowest BCUT2D eigenvalue weighted by molar-refractivity contribution is 0.161. The Balaban J connectivity index is 1.56. The molecule has 3 rings (SSSR count). The first-order chi connectivity index (χ1) is 10.2. The van der Waals surface area contributed by atoms with Gasteiger partial charge in [0.05, 0.1) is 12.2 Å². The summed E-state index contributed by atoms with van der Waals surface area (Å²) in [7, 11) is 0. The van der Waals surface area contributed by atoms with Crippen LogP contribution in [0.5, 0.6) is 0 Å². The molecule has 0 aliphatic carbocycles. The van der Waals surface area contributed by atoms with E-state index in [0.717, 1.165) is 37.6 Å². The second-order valence-electron chi connectivity index (χ2n) is 5.63. The number of rotatable bonds is 4. The van der Waals surface area contributed by atoms with Crippen LogP contribution in [0, 0.1) is 12.8 Å². The molecule has 0 saturated carbocycles. The summed E-state index contributed by atoms with van der Waals surface area (Å²) < 4.78 is 5.02. The monoisotopic (exact) mass is 288 g/mol. The van der Waals surface area contributed by atoms with Gasteiger partial charge in [0.25, 0.3) is 0 Å². The van der Waals surface area contributed by atoms with Crippen molar-refractivity contribution in [2.75, 3.05) is 18.8 Å². The minimum atomic E-state index is 0.469. The van der Waals surface area contributed by atoms with E-state index in [-0.39, 0.29) is 0 Å². The maximum Gasteiger partial charge on any atom is 0.223 e. The Labute approximate surface area is 123 Å². The number of aromatic nitrogens is 4. The summed E-state index contributed by atoms with van der Waals surface area (Å²) in [5.41, 5.74) is 6.57. The molecule has 21 heavy (non-hydrogen) atoms. The van der Waals surface area contributed by atoms with Gasteiger partial charge in [0.2, 0.25) is 5.89 Å². The number of nitrogens with zero attached hydrogens (tertiary/aromatic N) is 5. The van der Waals surface area contributed by atoms with E-state index in [1.165, 1.54) is 12.8 Å². The number of aryl methyl sites for hydroxylation is 1. The molecule has 112 valence electrons. The second-order valence-corrected chi connectivity index (χ2v) is 5.63. The van der Waals surface area contributed by atoms with Gasteiger partial charge in [0.15, 0.2) is 5.82 Å². The van der Waals surface area contributed by atoms with Crippen molar-refractivity contribution in [3.63, 3.8) is 0 Å². The van der Waals surface area contributed by atoms with E-state index < -0.39 is 0 Å². The Morgan fingerprint density at radius 2 is 2.29 bits per heavy atom. The molecule has 0 amide bonds. The zero-order chi connectivity index (χ0) is 14.7. The molecule has 1 atom stereocenters. The van der Waals surface area contributed by atoms with Crippen LogP contribution >= 0.6 is 0 Å². The fourth-order valence-corrected chi connectivity index (χ4v) is 2.84. The molecule has 1 aliphatic heterocycles. The zero-order valence-electron chi connectivity index (χ0n) is 12.2. The Kier molecular flexibility index (Phi) is 4.10. The average Bonchev–Trinajstić information content (AvgIpc) is 2.87. The Hall–Kier alpha value is -2.02. The van der Waals surface area contributed by atoms with Crippen molar-refractivity contribution in [3.8, 4) is 0 Å². The first-order valence-corrected chi connectivity index (χ1v) is 7.28. The molecular formula is C14H20N6O. The van der Waals surface area contributed by atoms with Crippen LogP contribution < -0.4 is 5.73 Å². The van der Waals surface area contributed by atoms with Crippen molar-refractivity contribution in [2.45, 2.75) is 32.7 Å². The van der Waals surface area contributed by atoms with E-state index >= 15 is 0 Å². The van der Waals surface area contributed by atoms with Gasteiger partial charge in [-0.2, -0.15) is 10.1 Å². The highest BCUT2D eigenvalue weighted by atomic mass is 16.5. The number of anilines is 1. The molecule has 1 saturated heterocycles. The lowest BCUT2D eigenvalue weighted by atomic mass is 9.93. The van der Waals surface area contributed by atoms with E-state index in [1.807, 2.05) is 19.1 Å². The summed E-state index contributed by atoms with van der Waals surface area (Å²) in [4.78, 5) is 6.65. The van der Waals surface area contributed by atoms with Crippen LogP contribution in [0.15, 0.2) is 16.7 Å². The van der Waals surface area contributed by atoms with Crippen LogP contribution in [-0.4, -0.2) is 38.3 Å². The van der Waals surface area contributed by atoms with E-state index in [2.05, 4.69) is 25.2 Å². The van der Waals surface area contributed by atoms with E-state index in [4.69, 9.17) is 10.3 Å². The van der Waals surface area contributed by atoms with Gasteiger partial charge in [-0.1, -0.05) is 5.16 Å². The van der Waals surface area contributed by atoms with Crippen LogP contribution in [0.1, 0.15) is 30.3 Å². The Morgan fingerprint density at radius 1 is 1.38 bits per heavy atom. The number of nitrogen functional groups attached to an aromatic ring is 1. The van der Waals surface area contributed by atoms with Crippen LogP contribution in [0.2, 0.25) is 0 Å². The highest BCUT2D eigenvalue weighted by molar-refractivity contribution is 5.25. The van der Waals surface area contributed by atoms with Gasteiger partial charge >= 0.3 is 0 Å². The number of likely N-dealkylation sites (tertiary alicyclic amines) is 1. The van der Waals surface area contributed by atoms with Crippen LogP contribution in [0.25, 0.3) is 0 Å². The summed E-state index contributed by atoms with van der Waals surface area (Å²) in [5, 5.41) is 12.0. The van der Waals surface area contributed by atoms with Crippen LogP contribution in [0.4, 0.5) is 5.82 Å². The van der Waals surface area contributed by atoms with Crippen molar-refractivity contribution in [3.05, 3.63) is 29.5 Å². The lowest BCUT2D eigenvalue weighted by Crippen LogP contribution is -2.36. The molecule has 1 fully saturated rings.